The lowest BCUT2D eigenvalue weighted by molar-refractivity contribution is -0.134. The minimum Gasteiger partial charge on any atom is -0.426 e. The number of hydrogen-bond donors (Lipinski definition) is 1. The minimum atomic E-state index is -0.216. The molecule has 200 valence electrons. The number of urea groups is 1. The Balaban J connectivity index is 1.47. The van der Waals surface area contributed by atoms with Gasteiger partial charge in [-0.1, -0.05) is 80.4 Å². The van der Waals surface area contributed by atoms with Crippen LogP contribution in [0, 0.1) is 0 Å². The lowest BCUT2D eigenvalue weighted by Gasteiger charge is -2.29. The van der Waals surface area contributed by atoms with Gasteiger partial charge in [0.05, 0.1) is 0 Å². The molecule has 5 nitrogen and oxygen atoms in total. The first-order valence-electron chi connectivity index (χ1n) is 13.8. The molecule has 3 aromatic carbocycles. The van der Waals surface area contributed by atoms with Crippen molar-refractivity contribution in [1.29, 1.82) is 0 Å². The second-order valence-electron chi connectivity index (χ2n) is 9.82. The topological polar surface area (TPSA) is 58.6 Å². The van der Waals surface area contributed by atoms with Gasteiger partial charge in [0, 0.05) is 34.5 Å². The highest BCUT2D eigenvalue weighted by molar-refractivity contribution is 7.99. The van der Waals surface area contributed by atoms with Crippen LogP contribution in [0.4, 0.5) is 10.5 Å². The predicted octanol–water partition coefficient (Wildman–Crippen LogP) is 8.02. The summed E-state index contributed by atoms with van der Waals surface area (Å²) in [7, 11) is 0. The third kappa shape index (κ3) is 8.66. The number of nitrogens with zero attached hydrogens (tertiary/aromatic N) is 1. The van der Waals surface area contributed by atoms with E-state index in [-0.39, 0.29) is 18.0 Å². The van der Waals surface area contributed by atoms with E-state index >= 15 is 0 Å². The molecule has 2 amide bonds. The molecular formula is C32H38N2O3S. The van der Waals surface area contributed by atoms with Gasteiger partial charge in [-0.25, -0.2) is 4.79 Å². The van der Waals surface area contributed by atoms with Crippen LogP contribution in [-0.4, -0.2) is 24.6 Å². The van der Waals surface area contributed by atoms with Gasteiger partial charge in [0.1, 0.15) is 5.75 Å². The molecule has 0 radical (unpaired) electrons. The summed E-state index contributed by atoms with van der Waals surface area (Å²) in [5.41, 5.74) is 2.17. The van der Waals surface area contributed by atoms with Crippen LogP contribution in [0.3, 0.4) is 0 Å². The molecule has 0 bridgehead atoms. The Bertz CT molecular complexity index is 1180. The summed E-state index contributed by atoms with van der Waals surface area (Å²) < 4.78 is 5.47. The van der Waals surface area contributed by atoms with Crippen LogP contribution in [0.2, 0.25) is 0 Å². The number of nitrogens with one attached hydrogen (secondary N) is 1. The Morgan fingerprint density at radius 3 is 2.42 bits per heavy atom. The van der Waals surface area contributed by atoms with Crippen molar-refractivity contribution in [2.24, 2.45) is 0 Å². The summed E-state index contributed by atoms with van der Waals surface area (Å²) in [6.07, 6.45) is 8.69. The Hall–Kier alpha value is -3.25. The van der Waals surface area contributed by atoms with Crippen LogP contribution in [0.1, 0.15) is 63.9 Å². The molecule has 1 saturated carbocycles. The molecular weight excluding hydrogens is 492 g/mol. The quantitative estimate of drug-likeness (QED) is 0.201. The molecule has 1 N–H and O–H groups in total. The van der Waals surface area contributed by atoms with Gasteiger partial charge >= 0.3 is 12.0 Å². The lowest BCUT2D eigenvalue weighted by Crippen LogP contribution is -2.46. The number of aryl methyl sites for hydroxylation is 1. The van der Waals surface area contributed by atoms with E-state index in [9.17, 15) is 9.59 Å². The molecule has 0 heterocycles. The molecule has 38 heavy (non-hydrogen) atoms. The fourth-order valence-electron chi connectivity index (χ4n) is 4.77. The maximum atomic E-state index is 13.5. The number of amides is 2. The van der Waals surface area contributed by atoms with Gasteiger partial charge in [-0.2, -0.15) is 0 Å². The molecule has 0 aromatic heterocycles. The fraction of sp³-hybridized carbons (Fsp3) is 0.375. The second-order valence-corrected chi connectivity index (χ2v) is 11.0. The van der Waals surface area contributed by atoms with E-state index in [1.54, 1.807) is 17.8 Å². The average molecular weight is 531 g/mol. The third-order valence-electron chi connectivity index (χ3n) is 6.72. The summed E-state index contributed by atoms with van der Waals surface area (Å²) in [6, 6.07) is 26.4. The van der Waals surface area contributed by atoms with Gasteiger partial charge in [0.25, 0.3) is 0 Å². The zero-order chi connectivity index (χ0) is 26.6. The Morgan fingerprint density at radius 2 is 1.66 bits per heavy atom. The van der Waals surface area contributed by atoms with Crippen molar-refractivity contribution in [2.45, 2.75) is 80.5 Å². The molecule has 0 atom stereocenters. The van der Waals surface area contributed by atoms with Crippen LogP contribution in [-0.2, 0) is 11.2 Å². The Kier molecular flexibility index (Phi) is 10.7. The monoisotopic (exact) mass is 530 g/mol. The zero-order valence-corrected chi connectivity index (χ0v) is 23.1. The zero-order valence-electron chi connectivity index (χ0n) is 22.2. The molecule has 6 heteroatoms. The van der Waals surface area contributed by atoms with E-state index in [0.29, 0.717) is 18.7 Å². The van der Waals surface area contributed by atoms with Gasteiger partial charge in [0.2, 0.25) is 0 Å². The van der Waals surface area contributed by atoms with Crippen molar-refractivity contribution in [1.82, 2.24) is 5.32 Å². The number of carbonyl (C=O) groups is 2. The standard InChI is InChI=1S/C32H38N2O3S/c1-2-12-31(35)37-28-19-10-21-30(24-28)38-29-20-9-18-27(23-29)34(22-11-15-25-13-5-3-6-14-25)32(36)33-26-16-7-4-8-17-26/h3,5-6,9-10,13-14,18-21,23-24,26H,2,4,7-8,11-12,15-17,22H2,1H3,(H,33,36). The van der Waals surface area contributed by atoms with Crippen molar-refractivity contribution < 1.29 is 14.3 Å². The minimum absolute atomic E-state index is 0.0167. The summed E-state index contributed by atoms with van der Waals surface area (Å²) >= 11 is 1.59. The van der Waals surface area contributed by atoms with Gasteiger partial charge < -0.3 is 10.1 Å². The summed E-state index contributed by atoms with van der Waals surface area (Å²) in [4.78, 5) is 29.3. The van der Waals surface area contributed by atoms with Crippen molar-refractivity contribution in [2.75, 3.05) is 11.4 Å². The van der Waals surface area contributed by atoms with E-state index in [1.165, 1.54) is 24.8 Å². The normalized spacial score (nSPS) is 13.6. The lowest BCUT2D eigenvalue weighted by atomic mass is 9.96. The van der Waals surface area contributed by atoms with E-state index in [2.05, 4.69) is 35.6 Å². The van der Waals surface area contributed by atoms with Crippen LogP contribution in [0.5, 0.6) is 5.75 Å². The molecule has 0 aliphatic heterocycles. The highest BCUT2D eigenvalue weighted by Crippen LogP contribution is 2.33. The Morgan fingerprint density at radius 1 is 0.921 bits per heavy atom. The summed E-state index contributed by atoms with van der Waals surface area (Å²) in [6.45, 7) is 2.60. The molecule has 1 aliphatic carbocycles. The first-order valence-corrected chi connectivity index (χ1v) is 14.6. The highest BCUT2D eigenvalue weighted by Gasteiger charge is 2.21. The van der Waals surface area contributed by atoms with Crippen molar-refractivity contribution in [3.8, 4) is 5.75 Å². The molecule has 0 saturated heterocycles. The molecule has 0 spiro atoms. The SMILES string of the molecule is CCCC(=O)Oc1cccc(Sc2cccc(N(CCCc3ccccc3)C(=O)NC3CCCCC3)c2)c1. The van der Waals surface area contributed by atoms with Crippen LogP contribution in [0.25, 0.3) is 0 Å². The number of ether oxygens (including phenoxy) is 1. The van der Waals surface area contributed by atoms with Crippen LogP contribution < -0.4 is 15.0 Å². The van der Waals surface area contributed by atoms with Gasteiger partial charge in [-0.15, -0.1) is 0 Å². The molecule has 1 aliphatic rings. The van der Waals surface area contributed by atoms with Crippen LogP contribution in [0.15, 0.2) is 88.7 Å². The average Bonchev–Trinajstić information content (AvgIpc) is 2.93. The second kappa shape index (κ2) is 14.6. The van der Waals surface area contributed by atoms with Crippen molar-refractivity contribution in [3.05, 3.63) is 84.4 Å². The first-order chi connectivity index (χ1) is 18.6. The highest BCUT2D eigenvalue weighted by atomic mass is 32.2. The number of esters is 1. The molecule has 1 fully saturated rings. The van der Waals surface area contributed by atoms with E-state index in [4.69, 9.17) is 4.74 Å². The maximum absolute atomic E-state index is 13.5. The molecule has 0 unspecified atom stereocenters. The van der Waals surface area contributed by atoms with E-state index in [0.717, 1.165) is 47.6 Å². The number of benzene rings is 3. The van der Waals surface area contributed by atoms with E-state index in [1.807, 2.05) is 54.3 Å². The van der Waals surface area contributed by atoms with Crippen molar-refractivity contribution in [3.63, 3.8) is 0 Å². The van der Waals surface area contributed by atoms with Crippen LogP contribution >= 0.6 is 11.8 Å². The Labute approximate surface area is 231 Å². The summed E-state index contributed by atoms with van der Waals surface area (Å²) in [5.74, 6) is 0.339. The van der Waals surface area contributed by atoms with Gasteiger partial charge in [-0.3, -0.25) is 9.69 Å². The number of anilines is 1. The first kappa shape index (κ1) is 27.8. The smallest absolute Gasteiger partial charge is 0.322 e. The number of rotatable bonds is 11. The largest absolute Gasteiger partial charge is 0.426 e. The third-order valence-corrected chi connectivity index (χ3v) is 7.70. The maximum Gasteiger partial charge on any atom is 0.322 e. The molecule has 3 aromatic rings. The van der Waals surface area contributed by atoms with Crippen molar-refractivity contribution >= 4 is 29.4 Å². The predicted molar refractivity (Wildman–Crippen MR) is 155 cm³/mol. The summed E-state index contributed by atoms with van der Waals surface area (Å²) in [5, 5.41) is 3.30. The van der Waals surface area contributed by atoms with E-state index < -0.39 is 0 Å². The fourth-order valence-corrected chi connectivity index (χ4v) is 5.69. The molecule has 4 rings (SSSR count). The number of hydrogen-bond acceptors (Lipinski definition) is 4. The number of carbonyl (C=O) groups excluding carboxylic acids is 2. The van der Waals surface area contributed by atoms with Gasteiger partial charge in [0.15, 0.2) is 0 Å². The van der Waals surface area contributed by atoms with Gasteiger partial charge in [-0.05, 0) is 74.1 Å².